The van der Waals surface area contributed by atoms with Crippen LogP contribution in [0.2, 0.25) is 0 Å². The highest BCUT2D eigenvalue weighted by molar-refractivity contribution is 5.98. The molecule has 28 heavy (non-hydrogen) atoms. The third-order valence-electron chi connectivity index (χ3n) is 6.43. The van der Waals surface area contributed by atoms with E-state index in [0.717, 1.165) is 30.7 Å². The van der Waals surface area contributed by atoms with Crippen LogP contribution in [0.4, 0.5) is 5.69 Å². The molecule has 2 aliphatic carbocycles. The second-order valence-corrected chi connectivity index (χ2v) is 8.02. The molecule has 2 heterocycles. The summed E-state index contributed by atoms with van der Waals surface area (Å²) < 4.78 is 1.72. The Bertz CT molecular complexity index is 934. The Morgan fingerprint density at radius 3 is 2.93 bits per heavy atom. The Balaban J connectivity index is 1.18. The Morgan fingerprint density at radius 2 is 2.18 bits per heavy atom. The standard InChI is InChI=1S/C21H26N6O/c1-22-21(23-11-18-17-9-14-5-3-4-6-16(14)20(17)18)26-7-8-27(19(28)13-26)15-10-24-25(2)12-15/h3-6,10,12,17-18,20H,7-9,11,13H2,1-2H3,(H,22,23). The van der Waals surface area contributed by atoms with Crippen LogP contribution in [0.25, 0.3) is 0 Å². The number of rotatable bonds is 3. The van der Waals surface area contributed by atoms with Gasteiger partial charge in [-0.15, -0.1) is 0 Å². The van der Waals surface area contributed by atoms with Crippen LogP contribution in [0.15, 0.2) is 41.7 Å². The third kappa shape index (κ3) is 2.85. The van der Waals surface area contributed by atoms with Crippen molar-refractivity contribution in [2.24, 2.45) is 23.9 Å². The zero-order valence-corrected chi connectivity index (χ0v) is 16.4. The van der Waals surface area contributed by atoms with Crippen LogP contribution < -0.4 is 10.2 Å². The summed E-state index contributed by atoms with van der Waals surface area (Å²) in [6.45, 7) is 2.68. The highest BCUT2D eigenvalue weighted by atomic mass is 16.2. The van der Waals surface area contributed by atoms with Gasteiger partial charge in [-0.3, -0.25) is 14.5 Å². The third-order valence-corrected chi connectivity index (χ3v) is 6.43. The zero-order chi connectivity index (χ0) is 19.3. The van der Waals surface area contributed by atoms with E-state index in [9.17, 15) is 4.79 Å². The van der Waals surface area contributed by atoms with E-state index < -0.39 is 0 Å². The Kier molecular flexibility index (Phi) is 4.10. The Morgan fingerprint density at radius 1 is 1.32 bits per heavy atom. The normalized spacial score (nSPS) is 26.3. The highest BCUT2D eigenvalue weighted by Crippen LogP contribution is 2.60. The van der Waals surface area contributed by atoms with Gasteiger partial charge in [-0.2, -0.15) is 5.10 Å². The number of nitrogens with zero attached hydrogens (tertiary/aromatic N) is 5. The van der Waals surface area contributed by atoms with E-state index in [1.807, 2.05) is 13.2 Å². The minimum atomic E-state index is 0.0828. The molecule has 1 aromatic carbocycles. The monoisotopic (exact) mass is 378 g/mol. The molecule has 0 spiro atoms. The first-order valence-corrected chi connectivity index (χ1v) is 9.98. The Hall–Kier alpha value is -2.83. The van der Waals surface area contributed by atoms with Gasteiger partial charge in [-0.1, -0.05) is 24.3 Å². The van der Waals surface area contributed by atoms with Crippen molar-refractivity contribution in [2.75, 3.05) is 38.1 Å². The number of carbonyl (C=O) groups is 1. The fourth-order valence-corrected chi connectivity index (χ4v) is 4.98. The molecule has 1 saturated heterocycles. The summed E-state index contributed by atoms with van der Waals surface area (Å²) in [7, 11) is 3.66. The molecule has 7 nitrogen and oxygen atoms in total. The molecule has 3 unspecified atom stereocenters. The first-order chi connectivity index (χ1) is 13.7. The summed E-state index contributed by atoms with van der Waals surface area (Å²) in [5.41, 5.74) is 3.92. The molecule has 0 bridgehead atoms. The predicted molar refractivity (Wildman–Crippen MR) is 108 cm³/mol. The minimum absolute atomic E-state index is 0.0828. The van der Waals surface area contributed by atoms with Crippen molar-refractivity contribution in [3.05, 3.63) is 47.8 Å². The second kappa shape index (κ2) is 6.65. The van der Waals surface area contributed by atoms with Crippen molar-refractivity contribution in [3.63, 3.8) is 0 Å². The first-order valence-electron chi connectivity index (χ1n) is 9.98. The van der Waals surface area contributed by atoms with Crippen molar-refractivity contribution in [3.8, 4) is 0 Å². The van der Waals surface area contributed by atoms with Crippen LogP contribution in [-0.2, 0) is 18.3 Å². The maximum absolute atomic E-state index is 12.6. The molecular formula is C21H26N6O. The van der Waals surface area contributed by atoms with Crippen LogP contribution in [0.1, 0.15) is 17.0 Å². The number of anilines is 1. The van der Waals surface area contributed by atoms with E-state index in [-0.39, 0.29) is 5.91 Å². The SMILES string of the molecule is CN=C(NCC1C2Cc3ccccc3C12)N1CCN(c2cnn(C)c2)C(=O)C1. The maximum atomic E-state index is 12.6. The Labute approximate surface area is 165 Å². The molecular weight excluding hydrogens is 352 g/mol. The molecule has 1 aliphatic heterocycles. The summed E-state index contributed by atoms with van der Waals surface area (Å²) in [6.07, 6.45) is 4.82. The van der Waals surface area contributed by atoms with Gasteiger partial charge in [0, 0.05) is 39.9 Å². The maximum Gasteiger partial charge on any atom is 0.246 e. The van der Waals surface area contributed by atoms with Crippen LogP contribution in [0.5, 0.6) is 0 Å². The molecule has 3 atom stereocenters. The topological polar surface area (TPSA) is 65.8 Å². The number of hydrogen-bond donors (Lipinski definition) is 1. The number of carbonyl (C=O) groups excluding carboxylic acids is 1. The molecule has 0 radical (unpaired) electrons. The van der Waals surface area contributed by atoms with Crippen molar-refractivity contribution in [2.45, 2.75) is 12.3 Å². The molecule has 1 aromatic heterocycles. The van der Waals surface area contributed by atoms with Crippen LogP contribution in [-0.4, -0.2) is 59.8 Å². The number of fused-ring (bicyclic) bond motifs is 3. The van der Waals surface area contributed by atoms with E-state index in [2.05, 4.69) is 44.6 Å². The fourth-order valence-electron chi connectivity index (χ4n) is 4.98. The predicted octanol–water partition coefficient (Wildman–Crippen LogP) is 1.23. The number of piperazine rings is 1. The van der Waals surface area contributed by atoms with Crippen molar-refractivity contribution < 1.29 is 4.79 Å². The van der Waals surface area contributed by atoms with Crippen LogP contribution >= 0.6 is 0 Å². The average Bonchev–Trinajstić information content (AvgIpc) is 3.01. The smallest absolute Gasteiger partial charge is 0.246 e. The lowest BCUT2D eigenvalue weighted by molar-refractivity contribution is -0.120. The lowest BCUT2D eigenvalue weighted by Crippen LogP contribution is -2.55. The van der Waals surface area contributed by atoms with E-state index in [1.165, 1.54) is 17.5 Å². The minimum Gasteiger partial charge on any atom is -0.356 e. The number of guanidine groups is 1. The summed E-state index contributed by atoms with van der Waals surface area (Å²) in [4.78, 5) is 20.9. The van der Waals surface area contributed by atoms with E-state index in [1.54, 1.807) is 22.8 Å². The van der Waals surface area contributed by atoms with E-state index in [0.29, 0.717) is 24.9 Å². The van der Waals surface area contributed by atoms with Gasteiger partial charge in [0.05, 0.1) is 11.9 Å². The van der Waals surface area contributed by atoms with Crippen molar-refractivity contribution in [1.82, 2.24) is 20.0 Å². The summed E-state index contributed by atoms with van der Waals surface area (Å²) in [5.74, 6) is 3.06. The van der Waals surface area contributed by atoms with Gasteiger partial charge in [0.25, 0.3) is 0 Å². The number of hydrogen-bond acceptors (Lipinski definition) is 3. The number of nitrogens with one attached hydrogen (secondary N) is 1. The highest BCUT2D eigenvalue weighted by Gasteiger charge is 2.55. The van der Waals surface area contributed by atoms with Gasteiger partial charge in [-0.25, -0.2) is 0 Å². The van der Waals surface area contributed by atoms with E-state index >= 15 is 0 Å². The molecule has 5 rings (SSSR count). The largest absolute Gasteiger partial charge is 0.356 e. The molecule has 1 N–H and O–H groups in total. The number of aryl methyl sites for hydroxylation is 1. The lowest BCUT2D eigenvalue weighted by Gasteiger charge is -2.35. The molecule has 2 fully saturated rings. The molecule has 146 valence electrons. The van der Waals surface area contributed by atoms with Crippen LogP contribution in [0.3, 0.4) is 0 Å². The number of aromatic nitrogens is 2. The second-order valence-electron chi connectivity index (χ2n) is 8.02. The first kappa shape index (κ1) is 17.3. The molecule has 2 aromatic rings. The summed E-state index contributed by atoms with van der Waals surface area (Å²) >= 11 is 0. The van der Waals surface area contributed by atoms with Crippen molar-refractivity contribution >= 4 is 17.6 Å². The van der Waals surface area contributed by atoms with E-state index in [4.69, 9.17) is 0 Å². The fraction of sp³-hybridized carbons (Fsp3) is 0.476. The number of aliphatic imine (C=N–C) groups is 1. The van der Waals surface area contributed by atoms with Gasteiger partial charge < -0.3 is 15.1 Å². The van der Waals surface area contributed by atoms with Gasteiger partial charge in [0.1, 0.15) is 6.54 Å². The number of amides is 1. The van der Waals surface area contributed by atoms with Crippen LogP contribution in [0, 0.1) is 11.8 Å². The molecule has 3 aliphatic rings. The summed E-state index contributed by atoms with van der Waals surface area (Å²) in [6, 6.07) is 8.83. The zero-order valence-electron chi connectivity index (χ0n) is 16.4. The van der Waals surface area contributed by atoms with Crippen molar-refractivity contribution in [1.29, 1.82) is 0 Å². The van der Waals surface area contributed by atoms with Gasteiger partial charge in [0.15, 0.2) is 5.96 Å². The quantitative estimate of drug-likeness (QED) is 0.645. The lowest BCUT2D eigenvalue weighted by atomic mass is 10.0. The average molecular weight is 378 g/mol. The summed E-state index contributed by atoms with van der Waals surface area (Å²) in [5, 5.41) is 7.70. The van der Waals surface area contributed by atoms with Gasteiger partial charge >= 0.3 is 0 Å². The molecule has 7 heteroatoms. The molecule has 1 saturated carbocycles. The van der Waals surface area contributed by atoms with Gasteiger partial charge in [-0.05, 0) is 35.3 Å². The van der Waals surface area contributed by atoms with Gasteiger partial charge in [0.2, 0.25) is 5.91 Å². The number of benzene rings is 1. The molecule has 1 amide bonds.